The van der Waals surface area contributed by atoms with Gasteiger partial charge >= 0.3 is 0 Å². The minimum absolute atomic E-state index is 0.0268. The van der Waals surface area contributed by atoms with Gasteiger partial charge in [-0.1, -0.05) is 24.3 Å². The summed E-state index contributed by atoms with van der Waals surface area (Å²) in [4.78, 5) is 19.6. The number of fused-ring (bicyclic) bond motifs is 1. The van der Waals surface area contributed by atoms with Gasteiger partial charge in [0.2, 0.25) is 11.8 Å². The average Bonchev–Trinajstić information content (AvgIpc) is 2.98. The average molecular weight is 309 g/mol. The lowest BCUT2D eigenvalue weighted by atomic mass is 10.1. The number of benzene rings is 1. The van der Waals surface area contributed by atoms with E-state index in [9.17, 15) is 4.79 Å². The number of ether oxygens (including phenoxy) is 1. The molecule has 5 heteroatoms. The molecule has 5 nitrogen and oxygen atoms in total. The molecule has 0 spiro atoms. The van der Waals surface area contributed by atoms with Gasteiger partial charge in [-0.05, 0) is 24.6 Å². The molecule has 0 bridgehead atoms. The highest BCUT2D eigenvalue weighted by molar-refractivity contribution is 5.88. The van der Waals surface area contributed by atoms with Crippen LogP contribution in [0.2, 0.25) is 0 Å². The van der Waals surface area contributed by atoms with Crippen molar-refractivity contribution in [2.45, 2.75) is 19.9 Å². The molecular weight excluding hydrogens is 290 g/mol. The van der Waals surface area contributed by atoms with Crippen LogP contribution in [0.4, 0.5) is 0 Å². The van der Waals surface area contributed by atoms with E-state index in [0.717, 1.165) is 22.0 Å². The third-order valence-electron chi connectivity index (χ3n) is 3.63. The number of aromatic amines is 1. The predicted octanol–water partition coefficient (Wildman–Crippen LogP) is 2.82. The van der Waals surface area contributed by atoms with Gasteiger partial charge in [-0.2, -0.15) is 0 Å². The lowest BCUT2D eigenvalue weighted by Crippen LogP contribution is -2.24. The Kier molecular flexibility index (Phi) is 4.57. The highest BCUT2D eigenvalue weighted by Gasteiger charge is 2.10. The largest absolute Gasteiger partial charge is 0.478 e. The zero-order valence-electron chi connectivity index (χ0n) is 13.0. The first-order valence-electron chi connectivity index (χ1n) is 7.66. The number of pyridine rings is 1. The number of H-pyrrole nitrogens is 1. The van der Waals surface area contributed by atoms with Crippen LogP contribution in [-0.4, -0.2) is 22.5 Å². The van der Waals surface area contributed by atoms with E-state index >= 15 is 0 Å². The Morgan fingerprint density at radius 1 is 1.22 bits per heavy atom. The maximum Gasteiger partial charge on any atom is 0.224 e. The van der Waals surface area contributed by atoms with Crippen LogP contribution in [0.1, 0.15) is 18.1 Å². The maximum absolute atomic E-state index is 12.2. The summed E-state index contributed by atoms with van der Waals surface area (Å²) < 4.78 is 5.47. The maximum atomic E-state index is 12.2. The van der Waals surface area contributed by atoms with Crippen molar-refractivity contribution in [2.75, 3.05) is 6.61 Å². The van der Waals surface area contributed by atoms with E-state index in [1.807, 2.05) is 49.5 Å². The summed E-state index contributed by atoms with van der Waals surface area (Å²) in [7, 11) is 0. The molecule has 3 rings (SSSR count). The smallest absolute Gasteiger partial charge is 0.224 e. The summed E-state index contributed by atoms with van der Waals surface area (Å²) in [6.45, 7) is 2.87. The summed E-state index contributed by atoms with van der Waals surface area (Å²) in [5.74, 6) is 0.545. The topological polar surface area (TPSA) is 67.0 Å². The summed E-state index contributed by atoms with van der Waals surface area (Å²) in [5, 5.41) is 4.01. The molecule has 0 aliphatic heterocycles. The first-order chi connectivity index (χ1) is 11.3. The van der Waals surface area contributed by atoms with Crippen LogP contribution >= 0.6 is 0 Å². The van der Waals surface area contributed by atoms with Crippen LogP contribution < -0.4 is 10.1 Å². The Morgan fingerprint density at radius 3 is 2.96 bits per heavy atom. The molecule has 0 radical (unpaired) electrons. The van der Waals surface area contributed by atoms with Crippen LogP contribution in [0.3, 0.4) is 0 Å². The van der Waals surface area contributed by atoms with Crippen molar-refractivity contribution in [2.24, 2.45) is 0 Å². The molecule has 0 unspecified atom stereocenters. The number of para-hydroxylation sites is 1. The standard InChI is InChI=1S/C18H19N3O2/c1-2-23-18-13(6-5-9-19-18)11-21-17(22)10-14-12-20-16-8-4-3-7-15(14)16/h3-9,12,20H,2,10-11H2,1H3,(H,21,22). The highest BCUT2D eigenvalue weighted by Crippen LogP contribution is 2.18. The van der Waals surface area contributed by atoms with E-state index in [-0.39, 0.29) is 5.91 Å². The second kappa shape index (κ2) is 6.96. The number of carbonyl (C=O) groups is 1. The summed E-state index contributed by atoms with van der Waals surface area (Å²) in [5.41, 5.74) is 2.91. The molecule has 3 aromatic rings. The third kappa shape index (κ3) is 3.51. The first kappa shape index (κ1) is 15.1. The minimum atomic E-state index is -0.0268. The minimum Gasteiger partial charge on any atom is -0.478 e. The van der Waals surface area contributed by atoms with Crippen LogP contribution in [-0.2, 0) is 17.8 Å². The summed E-state index contributed by atoms with van der Waals surface area (Å²) in [6, 6.07) is 11.7. The first-order valence-corrected chi connectivity index (χ1v) is 7.66. The van der Waals surface area contributed by atoms with Gasteiger partial charge in [-0.15, -0.1) is 0 Å². The van der Waals surface area contributed by atoms with Crippen molar-refractivity contribution < 1.29 is 9.53 Å². The number of rotatable bonds is 6. The zero-order valence-corrected chi connectivity index (χ0v) is 13.0. The Morgan fingerprint density at radius 2 is 2.09 bits per heavy atom. The quantitative estimate of drug-likeness (QED) is 0.736. The molecule has 0 saturated carbocycles. The van der Waals surface area contributed by atoms with Gasteiger partial charge in [0.15, 0.2) is 0 Å². The van der Waals surface area contributed by atoms with Gasteiger partial charge in [0.1, 0.15) is 0 Å². The van der Waals surface area contributed by atoms with Crippen molar-refractivity contribution in [1.29, 1.82) is 0 Å². The monoisotopic (exact) mass is 309 g/mol. The van der Waals surface area contributed by atoms with Crippen LogP contribution in [0.15, 0.2) is 48.8 Å². The number of hydrogen-bond acceptors (Lipinski definition) is 3. The van der Waals surface area contributed by atoms with Crippen LogP contribution in [0, 0.1) is 0 Å². The molecule has 1 amide bonds. The molecule has 118 valence electrons. The Hall–Kier alpha value is -2.82. The summed E-state index contributed by atoms with van der Waals surface area (Å²) in [6.07, 6.45) is 3.91. The van der Waals surface area contributed by atoms with Crippen molar-refractivity contribution in [3.05, 3.63) is 59.9 Å². The number of carbonyl (C=O) groups excluding carboxylic acids is 1. The SMILES string of the molecule is CCOc1ncccc1CNC(=O)Cc1c[nH]c2ccccc12. The molecule has 2 heterocycles. The molecule has 0 aliphatic carbocycles. The van der Waals surface area contributed by atoms with Gasteiger partial charge < -0.3 is 15.0 Å². The van der Waals surface area contributed by atoms with Gasteiger partial charge in [-0.3, -0.25) is 4.79 Å². The molecule has 2 N–H and O–H groups in total. The number of nitrogens with one attached hydrogen (secondary N) is 2. The fourth-order valence-electron chi connectivity index (χ4n) is 2.53. The van der Waals surface area contributed by atoms with Crippen molar-refractivity contribution in [3.63, 3.8) is 0 Å². The normalized spacial score (nSPS) is 10.7. The van der Waals surface area contributed by atoms with Gasteiger partial charge in [0.05, 0.1) is 13.0 Å². The van der Waals surface area contributed by atoms with Gasteiger partial charge in [-0.25, -0.2) is 4.98 Å². The van der Waals surface area contributed by atoms with Gasteiger partial charge in [0, 0.05) is 35.4 Å². The Bertz CT molecular complexity index is 811. The fourth-order valence-corrected chi connectivity index (χ4v) is 2.53. The van der Waals surface area contributed by atoms with Crippen molar-refractivity contribution >= 4 is 16.8 Å². The molecule has 0 aliphatic rings. The van der Waals surface area contributed by atoms with E-state index in [4.69, 9.17) is 4.74 Å². The second-order valence-corrected chi connectivity index (χ2v) is 5.21. The molecule has 2 aromatic heterocycles. The molecule has 1 aromatic carbocycles. The zero-order chi connectivity index (χ0) is 16.1. The van der Waals surface area contributed by atoms with Crippen LogP contribution in [0.5, 0.6) is 5.88 Å². The fraction of sp³-hybridized carbons (Fsp3) is 0.222. The van der Waals surface area contributed by atoms with E-state index in [1.54, 1.807) is 6.20 Å². The van der Waals surface area contributed by atoms with E-state index in [1.165, 1.54) is 0 Å². The molecule has 0 fully saturated rings. The van der Waals surface area contributed by atoms with Crippen molar-refractivity contribution in [1.82, 2.24) is 15.3 Å². The Labute approximate surface area is 134 Å². The summed E-state index contributed by atoms with van der Waals surface area (Å²) >= 11 is 0. The van der Waals surface area contributed by atoms with Crippen molar-refractivity contribution in [3.8, 4) is 5.88 Å². The van der Waals surface area contributed by atoms with Gasteiger partial charge in [0.25, 0.3) is 0 Å². The lowest BCUT2D eigenvalue weighted by Gasteiger charge is -2.09. The van der Waals surface area contributed by atoms with Crippen LogP contribution in [0.25, 0.3) is 10.9 Å². The number of hydrogen-bond donors (Lipinski definition) is 2. The molecule has 0 saturated heterocycles. The number of aromatic nitrogens is 2. The van der Waals surface area contributed by atoms with E-state index < -0.39 is 0 Å². The van der Waals surface area contributed by atoms with E-state index in [2.05, 4.69) is 15.3 Å². The number of nitrogens with zero attached hydrogens (tertiary/aromatic N) is 1. The highest BCUT2D eigenvalue weighted by atomic mass is 16.5. The molecular formula is C18H19N3O2. The third-order valence-corrected chi connectivity index (χ3v) is 3.63. The number of amides is 1. The van der Waals surface area contributed by atoms with E-state index in [0.29, 0.717) is 25.5 Å². The molecule has 0 atom stereocenters. The lowest BCUT2D eigenvalue weighted by molar-refractivity contribution is -0.120. The second-order valence-electron chi connectivity index (χ2n) is 5.21. The molecule has 23 heavy (non-hydrogen) atoms. The predicted molar refractivity (Wildman–Crippen MR) is 89.3 cm³/mol. The Balaban J connectivity index is 1.64.